The maximum absolute atomic E-state index is 5.66. The molecule has 0 spiro atoms. The number of hydrogen-bond donors (Lipinski definition) is 1. The number of fused-ring (bicyclic) bond motifs is 1. The fourth-order valence-electron chi connectivity index (χ4n) is 2.52. The van der Waals surface area contributed by atoms with Gasteiger partial charge in [-0.3, -0.25) is 4.84 Å². The molecule has 1 fully saturated rings. The van der Waals surface area contributed by atoms with Gasteiger partial charge < -0.3 is 9.47 Å². The van der Waals surface area contributed by atoms with Gasteiger partial charge in [-0.1, -0.05) is 25.0 Å². The van der Waals surface area contributed by atoms with Gasteiger partial charge in [0.25, 0.3) is 0 Å². The molecule has 1 N–H and O–H groups in total. The second-order valence-electron chi connectivity index (χ2n) is 4.79. The number of hydroxylamine groups is 1. The SMILES string of the molecule is c1cc(CNOC2CCCC2)c2c(c1)OCCO2. The number of nitrogens with one attached hydrogen (secondary N) is 1. The van der Waals surface area contributed by atoms with Gasteiger partial charge in [-0.25, -0.2) is 0 Å². The minimum atomic E-state index is 0.377. The maximum atomic E-state index is 5.66. The summed E-state index contributed by atoms with van der Waals surface area (Å²) in [6.45, 7) is 1.90. The van der Waals surface area contributed by atoms with Crippen molar-refractivity contribution in [2.45, 2.75) is 38.3 Å². The first-order valence-corrected chi connectivity index (χ1v) is 6.69. The third kappa shape index (κ3) is 2.60. The monoisotopic (exact) mass is 249 g/mol. The van der Waals surface area contributed by atoms with E-state index in [-0.39, 0.29) is 0 Å². The van der Waals surface area contributed by atoms with Crippen molar-refractivity contribution in [2.75, 3.05) is 13.2 Å². The predicted octanol–water partition coefficient (Wildman–Crippen LogP) is 2.42. The highest BCUT2D eigenvalue weighted by atomic mass is 16.7. The lowest BCUT2D eigenvalue weighted by atomic mass is 10.2. The number of hydrogen-bond acceptors (Lipinski definition) is 4. The van der Waals surface area contributed by atoms with Crippen LogP contribution >= 0.6 is 0 Å². The third-order valence-corrected chi connectivity index (χ3v) is 3.46. The van der Waals surface area contributed by atoms with Gasteiger partial charge in [-0.15, -0.1) is 0 Å². The van der Waals surface area contributed by atoms with Gasteiger partial charge in [-0.2, -0.15) is 5.48 Å². The van der Waals surface area contributed by atoms with E-state index in [1.54, 1.807) is 0 Å². The predicted molar refractivity (Wildman–Crippen MR) is 67.6 cm³/mol. The Morgan fingerprint density at radius 2 is 2.00 bits per heavy atom. The molecule has 4 nitrogen and oxygen atoms in total. The van der Waals surface area contributed by atoms with Crippen LogP contribution in [0.3, 0.4) is 0 Å². The molecule has 0 amide bonds. The first-order valence-electron chi connectivity index (χ1n) is 6.69. The Morgan fingerprint density at radius 3 is 2.89 bits per heavy atom. The van der Waals surface area contributed by atoms with Crippen LogP contribution in [0.15, 0.2) is 18.2 Å². The van der Waals surface area contributed by atoms with Crippen LogP contribution in [0.4, 0.5) is 0 Å². The van der Waals surface area contributed by atoms with Crippen molar-refractivity contribution in [1.82, 2.24) is 5.48 Å². The molecule has 3 rings (SSSR count). The molecule has 0 atom stereocenters. The highest BCUT2D eigenvalue weighted by Crippen LogP contribution is 2.33. The Kier molecular flexibility index (Phi) is 3.67. The van der Waals surface area contributed by atoms with Crippen LogP contribution in [-0.2, 0) is 11.4 Å². The molecule has 2 aliphatic rings. The lowest BCUT2D eigenvalue weighted by Crippen LogP contribution is -2.23. The first kappa shape index (κ1) is 11.8. The van der Waals surface area contributed by atoms with E-state index < -0.39 is 0 Å². The highest BCUT2D eigenvalue weighted by Gasteiger charge is 2.17. The smallest absolute Gasteiger partial charge is 0.165 e. The minimum Gasteiger partial charge on any atom is -0.486 e. The van der Waals surface area contributed by atoms with Crippen LogP contribution in [0.25, 0.3) is 0 Å². The van der Waals surface area contributed by atoms with E-state index >= 15 is 0 Å². The van der Waals surface area contributed by atoms with Gasteiger partial charge in [0.15, 0.2) is 11.5 Å². The van der Waals surface area contributed by atoms with Gasteiger partial charge in [-0.05, 0) is 18.9 Å². The quantitative estimate of drug-likeness (QED) is 0.832. The van der Waals surface area contributed by atoms with Crippen LogP contribution in [-0.4, -0.2) is 19.3 Å². The topological polar surface area (TPSA) is 39.7 Å². The maximum Gasteiger partial charge on any atom is 0.165 e. The summed E-state index contributed by atoms with van der Waals surface area (Å²) in [5, 5.41) is 0. The summed E-state index contributed by atoms with van der Waals surface area (Å²) in [5.41, 5.74) is 4.15. The normalized spacial score (nSPS) is 19.1. The molecule has 1 aromatic carbocycles. The molecular formula is C14H19NO3. The van der Waals surface area contributed by atoms with E-state index in [4.69, 9.17) is 14.3 Å². The van der Waals surface area contributed by atoms with Gasteiger partial charge >= 0.3 is 0 Å². The molecule has 0 unspecified atom stereocenters. The average molecular weight is 249 g/mol. The van der Waals surface area contributed by atoms with E-state index in [9.17, 15) is 0 Å². The average Bonchev–Trinajstić information content (AvgIpc) is 2.92. The molecule has 1 heterocycles. The molecule has 4 heteroatoms. The molecule has 0 radical (unpaired) electrons. The Labute approximate surface area is 107 Å². The summed E-state index contributed by atoms with van der Waals surface area (Å²) in [4.78, 5) is 5.65. The highest BCUT2D eigenvalue weighted by molar-refractivity contribution is 5.47. The van der Waals surface area contributed by atoms with E-state index in [0.29, 0.717) is 25.9 Å². The molecule has 1 aliphatic carbocycles. The van der Waals surface area contributed by atoms with E-state index in [1.165, 1.54) is 25.7 Å². The largest absolute Gasteiger partial charge is 0.486 e. The minimum absolute atomic E-state index is 0.377. The van der Waals surface area contributed by atoms with Crippen molar-refractivity contribution in [3.05, 3.63) is 23.8 Å². The second kappa shape index (κ2) is 5.59. The zero-order chi connectivity index (χ0) is 12.2. The zero-order valence-electron chi connectivity index (χ0n) is 10.5. The number of ether oxygens (including phenoxy) is 2. The summed E-state index contributed by atoms with van der Waals surface area (Å²) < 4.78 is 11.2. The molecule has 0 saturated heterocycles. The fourth-order valence-corrected chi connectivity index (χ4v) is 2.52. The van der Waals surface area contributed by atoms with Gasteiger partial charge in [0, 0.05) is 12.1 Å². The van der Waals surface area contributed by atoms with Crippen LogP contribution < -0.4 is 15.0 Å². The van der Waals surface area contributed by atoms with Crippen LogP contribution in [0, 0.1) is 0 Å². The molecular weight excluding hydrogens is 230 g/mol. The third-order valence-electron chi connectivity index (χ3n) is 3.46. The number of rotatable bonds is 4. The molecule has 1 aliphatic heterocycles. The van der Waals surface area contributed by atoms with E-state index in [0.717, 1.165) is 17.1 Å². The number of para-hydroxylation sites is 1. The first-order chi connectivity index (χ1) is 8.93. The summed E-state index contributed by atoms with van der Waals surface area (Å²) >= 11 is 0. The second-order valence-corrected chi connectivity index (χ2v) is 4.79. The molecule has 0 bridgehead atoms. The Hall–Kier alpha value is -1.26. The number of benzene rings is 1. The lowest BCUT2D eigenvalue weighted by Gasteiger charge is -2.21. The van der Waals surface area contributed by atoms with Gasteiger partial charge in [0.05, 0.1) is 6.10 Å². The van der Waals surface area contributed by atoms with Crippen molar-refractivity contribution in [3.63, 3.8) is 0 Å². The fraction of sp³-hybridized carbons (Fsp3) is 0.571. The summed E-state index contributed by atoms with van der Waals surface area (Å²) in [6, 6.07) is 5.97. The molecule has 0 aromatic heterocycles. The van der Waals surface area contributed by atoms with Crippen molar-refractivity contribution < 1.29 is 14.3 Å². The summed E-state index contributed by atoms with van der Waals surface area (Å²) in [5.74, 6) is 1.69. The van der Waals surface area contributed by atoms with Crippen molar-refractivity contribution in [1.29, 1.82) is 0 Å². The van der Waals surface area contributed by atoms with Crippen molar-refractivity contribution in [3.8, 4) is 11.5 Å². The molecule has 98 valence electrons. The molecule has 1 aromatic rings. The van der Waals surface area contributed by atoms with Crippen LogP contribution in [0.5, 0.6) is 11.5 Å². The Balaban J connectivity index is 1.58. The van der Waals surface area contributed by atoms with E-state index in [2.05, 4.69) is 5.48 Å². The molecule has 18 heavy (non-hydrogen) atoms. The van der Waals surface area contributed by atoms with E-state index in [1.807, 2.05) is 18.2 Å². The lowest BCUT2D eigenvalue weighted by molar-refractivity contribution is -0.0248. The molecule has 1 saturated carbocycles. The van der Waals surface area contributed by atoms with Gasteiger partial charge in [0.1, 0.15) is 13.2 Å². The summed E-state index contributed by atoms with van der Waals surface area (Å²) in [6.07, 6.45) is 5.27. The Bertz CT molecular complexity index is 402. The Morgan fingerprint density at radius 1 is 1.17 bits per heavy atom. The van der Waals surface area contributed by atoms with Crippen molar-refractivity contribution in [2.24, 2.45) is 0 Å². The van der Waals surface area contributed by atoms with Crippen LogP contribution in [0.1, 0.15) is 31.2 Å². The van der Waals surface area contributed by atoms with Crippen molar-refractivity contribution >= 4 is 0 Å². The van der Waals surface area contributed by atoms with Crippen LogP contribution in [0.2, 0.25) is 0 Å². The van der Waals surface area contributed by atoms with Gasteiger partial charge in [0.2, 0.25) is 0 Å². The summed E-state index contributed by atoms with van der Waals surface area (Å²) in [7, 11) is 0. The zero-order valence-corrected chi connectivity index (χ0v) is 10.5. The standard InChI is InChI=1S/C14H19NO3/c1-2-6-12(5-1)18-15-10-11-4-3-7-13-14(11)17-9-8-16-13/h3-4,7,12,15H,1-2,5-6,8-10H2.